The first-order chi connectivity index (χ1) is 32.1. The Morgan fingerprint density at radius 2 is 1.78 bits per heavy atom. The van der Waals surface area contributed by atoms with Gasteiger partial charge >= 0.3 is 0 Å². The Morgan fingerprint density at radius 3 is 2.52 bits per heavy atom. The van der Waals surface area contributed by atoms with Gasteiger partial charge in [0, 0.05) is 60.6 Å². The Balaban J connectivity index is 0.866. The summed E-state index contributed by atoms with van der Waals surface area (Å²) in [6.45, 7) is 9.10. The number of pyridine rings is 1. The minimum absolute atomic E-state index is 0.0361. The number of aromatic nitrogens is 2. The number of hydrogen-bond acceptors (Lipinski definition) is 12. The van der Waals surface area contributed by atoms with E-state index in [9.17, 15) is 28.4 Å². The van der Waals surface area contributed by atoms with Gasteiger partial charge in [-0.2, -0.15) is 9.37 Å². The van der Waals surface area contributed by atoms with Crippen molar-refractivity contribution in [2.45, 2.75) is 120 Å². The van der Waals surface area contributed by atoms with Gasteiger partial charge in [-0.15, -0.1) is 0 Å². The van der Waals surface area contributed by atoms with Crippen molar-refractivity contribution in [2.24, 2.45) is 11.3 Å². The Bertz CT molecular complexity index is 2830. The molecule has 5 heterocycles. The number of amides is 1. The van der Waals surface area contributed by atoms with Crippen molar-refractivity contribution >= 4 is 44.0 Å². The molecule has 4 fully saturated rings. The molecule has 5 aliphatic rings. The van der Waals surface area contributed by atoms with Crippen LogP contribution >= 0.6 is 0 Å². The maximum atomic E-state index is 15.5. The molecule has 3 aromatic carbocycles. The first-order valence-electron chi connectivity index (χ1n) is 23.6. The molecule has 2 atom stereocenters. The Kier molecular flexibility index (Phi) is 11.7. The lowest BCUT2D eigenvalue weighted by Gasteiger charge is -2.56. The summed E-state index contributed by atoms with van der Waals surface area (Å²) < 4.78 is 57.5. The third-order valence-corrected chi connectivity index (χ3v) is 16.7. The summed E-state index contributed by atoms with van der Waals surface area (Å²) in [7, 11) is -4.74. The monoisotopic (exact) mass is 935 g/mol. The Hall–Kier alpha value is -5.78. The van der Waals surface area contributed by atoms with Crippen molar-refractivity contribution in [3.63, 3.8) is 0 Å². The van der Waals surface area contributed by atoms with Crippen LogP contribution in [0.5, 0.6) is 17.2 Å². The number of piperidine rings is 1. The van der Waals surface area contributed by atoms with E-state index in [0.29, 0.717) is 54.7 Å². The van der Waals surface area contributed by atoms with Gasteiger partial charge < -0.3 is 29.8 Å². The predicted octanol–water partition coefficient (Wildman–Crippen LogP) is 9.34. The van der Waals surface area contributed by atoms with Crippen molar-refractivity contribution in [1.82, 2.24) is 19.6 Å². The molecule has 17 heteroatoms. The molecular weight excluding hydrogens is 878 g/mol. The molecule has 4 N–H and O–H groups in total. The van der Waals surface area contributed by atoms with Gasteiger partial charge in [0.1, 0.15) is 18.0 Å². The molecule has 67 heavy (non-hydrogen) atoms. The molecule has 1 spiro atoms. The molecule has 0 bridgehead atoms. The predicted molar refractivity (Wildman–Crippen MR) is 252 cm³/mol. The third kappa shape index (κ3) is 8.81. The number of carbonyl (C=O) groups is 1. The smallest absolute Gasteiger partial charge is 0.297 e. The van der Waals surface area contributed by atoms with Crippen molar-refractivity contribution in [1.29, 1.82) is 0 Å². The van der Waals surface area contributed by atoms with Crippen LogP contribution < -0.4 is 24.4 Å². The molecule has 2 saturated heterocycles. The van der Waals surface area contributed by atoms with Gasteiger partial charge in [-0.3, -0.25) is 19.8 Å². The van der Waals surface area contributed by atoms with E-state index in [0.717, 1.165) is 63.1 Å². The van der Waals surface area contributed by atoms with E-state index in [1.54, 1.807) is 31.3 Å². The van der Waals surface area contributed by atoms with Crippen LogP contribution in [0.4, 0.5) is 21.5 Å². The molecular formula is C50H58FN7O8S. The number of aliphatic hydroxyl groups is 1. The summed E-state index contributed by atoms with van der Waals surface area (Å²) in [4.78, 5) is 37.1. The number of nitrogens with one attached hydrogen (secondary N) is 3. The van der Waals surface area contributed by atoms with Crippen LogP contribution in [0.25, 0.3) is 11.0 Å². The van der Waals surface area contributed by atoms with Crippen LogP contribution in [0.15, 0.2) is 77.8 Å². The van der Waals surface area contributed by atoms with Gasteiger partial charge in [-0.05, 0) is 130 Å². The number of fused-ring (bicyclic) bond motifs is 2. The van der Waals surface area contributed by atoms with Gasteiger partial charge in [0.15, 0.2) is 17.2 Å². The highest BCUT2D eigenvalue weighted by molar-refractivity contribution is 7.90. The number of ether oxygens (including phenoxy) is 2. The third-order valence-electron chi connectivity index (χ3n) is 15.4. The molecule has 1 amide bonds. The fourth-order valence-electron chi connectivity index (χ4n) is 11.5. The highest BCUT2D eigenvalue weighted by Crippen LogP contribution is 2.54. The van der Waals surface area contributed by atoms with Crippen LogP contribution in [0, 0.1) is 27.4 Å². The fraction of sp³-hybridized carbons (Fsp3) is 0.480. The summed E-state index contributed by atoms with van der Waals surface area (Å²) in [5, 5.41) is 26.6. The number of nitro groups is 1. The quantitative estimate of drug-likeness (QED) is 0.0558. The molecule has 5 aromatic rings. The lowest BCUT2D eigenvalue weighted by molar-refractivity contribution is -0.384. The number of sulfonamides is 1. The highest BCUT2D eigenvalue weighted by Gasteiger charge is 2.50. The average molecular weight is 936 g/mol. The zero-order valence-electron chi connectivity index (χ0n) is 38.1. The van der Waals surface area contributed by atoms with Crippen LogP contribution in [0.3, 0.4) is 0 Å². The molecule has 10 rings (SSSR count). The molecule has 2 aliphatic carbocycles. The second kappa shape index (κ2) is 17.4. The number of aromatic amines is 1. The van der Waals surface area contributed by atoms with Gasteiger partial charge in [-0.1, -0.05) is 38.1 Å². The number of anilines is 2. The number of hydrogen-bond donors (Lipinski definition) is 4. The topological polar surface area (TPSA) is 192 Å². The van der Waals surface area contributed by atoms with Gasteiger partial charge in [-0.25, -0.2) is 13.1 Å². The minimum Gasteiger partial charge on any atom is -0.489 e. The molecule has 0 unspecified atom stereocenters. The summed E-state index contributed by atoms with van der Waals surface area (Å²) in [5.74, 6) is -1.85. The Labute approximate surface area is 389 Å². The highest BCUT2D eigenvalue weighted by atomic mass is 32.2. The second-order valence-electron chi connectivity index (χ2n) is 20.1. The molecule has 15 nitrogen and oxygen atoms in total. The summed E-state index contributed by atoms with van der Waals surface area (Å²) in [5.41, 5.74) is 2.75. The van der Waals surface area contributed by atoms with Crippen LogP contribution in [0.2, 0.25) is 0 Å². The van der Waals surface area contributed by atoms with Crippen molar-refractivity contribution in [3.05, 3.63) is 106 Å². The standard InChI is InChI=1S/C50H58FN7O8S/c1-30(2)36-7-4-5-8-37(36)40-9-6-20-57(40)34-27-50(28-34)17-21-56(22-18-50)33-10-11-38(42(24-33)66-44-23-32-14-19-52-47(32)54-46(44)51)48(59)55-67(63,64)35-25-41(58(61)62)45-43(26-35)65-29-39(53-45)31-12-15-49(3,60)16-13-31/h4-5,7-8,10-11,14,19,23-26,30-31,34,39-40,53,60H,6,9,12-13,15-18,20-22,27-29H2,1-3H3,(H,52,54)(H,55,59)/t31?,39-,40-,49?/m1/s1. The average Bonchev–Trinajstić information content (AvgIpc) is 3.97. The molecule has 354 valence electrons. The molecule has 3 aliphatic heterocycles. The molecule has 0 radical (unpaired) electrons. The van der Waals surface area contributed by atoms with E-state index in [-0.39, 0.29) is 52.5 Å². The van der Waals surface area contributed by atoms with E-state index in [1.165, 1.54) is 36.1 Å². The SMILES string of the molecule is CC(C)c1ccccc1[C@H]1CCCN1C1CC2(CCN(c3ccc(C(=O)NS(=O)(=O)c4cc5c(c([N+](=O)[O-])c4)N[C@@H](C4CCC(C)(O)CC4)CO5)c(Oc4cc5cc[nH]c5nc4F)c3)CC2)C1. The Morgan fingerprint density at radius 1 is 1.01 bits per heavy atom. The number of nitro benzene ring substituents is 1. The van der Waals surface area contributed by atoms with Crippen LogP contribution in [-0.4, -0.2) is 83.1 Å². The molecule has 2 aromatic heterocycles. The summed E-state index contributed by atoms with van der Waals surface area (Å²) >= 11 is 0. The van der Waals surface area contributed by atoms with Crippen molar-refractivity contribution < 1.29 is 37.1 Å². The largest absolute Gasteiger partial charge is 0.489 e. The van der Waals surface area contributed by atoms with Crippen molar-refractivity contribution in [2.75, 3.05) is 36.5 Å². The number of halogens is 1. The zero-order valence-corrected chi connectivity index (χ0v) is 38.9. The lowest BCUT2D eigenvalue weighted by atomic mass is 9.59. The minimum atomic E-state index is -4.74. The van der Waals surface area contributed by atoms with E-state index < -0.39 is 43.0 Å². The molecule has 2 saturated carbocycles. The van der Waals surface area contributed by atoms with Gasteiger partial charge in [0.2, 0.25) is 0 Å². The maximum Gasteiger partial charge on any atom is 0.297 e. The number of benzene rings is 3. The normalized spacial score (nSPS) is 24.2. The summed E-state index contributed by atoms with van der Waals surface area (Å²) in [6.07, 6.45) is 10.8. The number of likely N-dealkylation sites (tertiary alicyclic amines) is 1. The van der Waals surface area contributed by atoms with E-state index in [4.69, 9.17) is 9.47 Å². The zero-order chi connectivity index (χ0) is 46.8. The van der Waals surface area contributed by atoms with E-state index in [1.807, 2.05) is 0 Å². The lowest BCUT2D eigenvalue weighted by Crippen LogP contribution is -2.54. The number of rotatable bonds is 11. The van der Waals surface area contributed by atoms with Gasteiger partial charge in [0.25, 0.3) is 27.6 Å². The number of carbonyl (C=O) groups excluding carboxylic acids is 1. The summed E-state index contributed by atoms with van der Waals surface area (Å²) in [6, 6.07) is 19.6. The van der Waals surface area contributed by atoms with Crippen LogP contribution in [0.1, 0.15) is 118 Å². The van der Waals surface area contributed by atoms with Gasteiger partial charge in [0.05, 0.1) is 27.0 Å². The first kappa shape index (κ1) is 45.0. The maximum absolute atomic E-state index is 15.5. The first-order valence-corrected chi connectivity index (χ1v) is 25.1. The van der Waals surface area contributed by atoms with Crippen LogP contribution in [-0.2, 0) is 10.0 Å². The fourth-order valence-corrected chi connectivity index (χ4v) is 12.5. The van der Waals surface area contributed by atoms with E-state index >= 15 is 4.39 Å². The second-order valence-corrected chi connectivity index (χ2v) is 21.8. The number of H-pyrrole nitrogens is 1. The van der Waals surface area contributed by atoms with Crippen molar-refractivity contribution in [3.8, 4) is 17.2 Å². The number of nitrogens with zero attached hydrogens (tertiary/aromatic N) is 4. The van der Waals surface area contributed by atoms with E-state index in [2.05, 4.69) is 67.9 Å².